The molecule has 1 amide bonds. The number of thioether (sulfide) groups is 1. The lowest BCUT2D eigenvalue weighted by atomic mass is 9.90. The Hall–Kier alpha value is -1.05. The largest absolute Gasteiger partial charge is 0.480 e. The van der Waals surface area contributed by atoms with Crippen LogP contribution in [0.3, 0.4) is 0 Å². The van der Waals surface area contributed by atoms with Gasteiger partial charge in [-0.05, 0) is 18.2 Å². The predicted octanol–water partition coefficient (Wildman–Crippen LogP) is 2.29. The summed E-state index contributed by atoms with van der Waals surface area (Å²) in [6, 6.07) is 7.62. The van der Waals surface area contributed by atoms with Gasteiger partial charge in [0.15, 0.2) is 0 Å². The molecule has 0 unspecified atom stereocenters. The van der Waals surface area contributed by atoms with Gasteiger partial charge in [-0.1, -0.05) is 22.0 Å². The highest BCUT2D eigenvalue weighted by Crippen LogP contribution is 2.24. The van der Waals surface area contributed by atoms with Crippen LogP contribution in [-0.4, -0.2) is 41.5 Å². The molecule has 1 aromatic carbocycles. The van der Waals surface area contributed by atoms with E-state index in [9.17, 15) is 14.7 Å². The second-order valence-corrected chi connectivity index (χ2v) is 6.76. The van der Waals surface area contributed by atoms with Crippen molar-refractivity contribution in [3.05, 3.63) is 28.7 Å². The van der Waals surface area contributed by atoms with Gasteiger partial charge in [-0.15, -0.1) is 11.8 Å². The van der Waals surface area contributed by atoms with Crippen molar-refractivity contribution in [1.29, 1.82) is 0 Å². The topological polar surface area (TPSA) is 75.6 Å². The van der Waals surface area contributed by atoms with E-state index in [1.54, 1.807) is 0 Å². The van der Waals surface area contributed by atoms with Gasteiger partial charge in [0.1, 0.15) is 5.54 Å². The Morgan fingerprint density at radius 1 is 1.38 bits per heavy atom. The number of hydrogen-bond donors (Lipinski definition) is 2. The predicted molar refractivity (Wildman–Crippen MR) is 83.4 cm³/mol. The highest BCUT2D eigenvalue weighted by atomic mass is 79.9. The Labute approximate surface area is 135 Å². The van der Waals surface area contributed by atoms with Crippen molar-refractivity contribution < 1.29 is 19.4 Å². The monoisotopic (exact) mass is 373 g/mol. The van der Waals surface area contributed by atoms with Crippen molar-refractivity contribution in [3.63, 3.8) is 0 Å². The number of carboxylic acids is 1. The highest BCUT2D eigenvalue weighted by molar-refractivity contribution is 9.10. The zero-order valence-corrected chi connectivity index (χ0v) is 13.7. The molecule has 0 bridgehead atoms. The number of benzene rings is 1. The average Bonchev–Trinajstić information content (AvgIpc) is 2.46. The molecule has 0 radical (unpaired) electrons. The summed E-state index contributed by atoms with van der Waals surface area (Å²) in [5.41, 5.74) is -1.19. The minimum Gasteiger partial charge on any atom is -0.480 e. The summed E-state index contributed by atoms with van der Waals surface area (Å²) >= 11 is 4.75. The Balaban J connectivity index is 1.92. The molecule has 0 aliphatic carbocycles. The van der Waals surface area contributed by atoms with E-state index in [2.05, 4.69) is 21.2 Å². The van der Waals surface area contributed by atoms with Crippen LogP contribution in [-0.2, 0) is 14.3 Å². The second kappa shape index (κ2) is 7.29. The third kappa shape index (κ3) is 4.46. The van der Waals surface area contributed by atoms with Gasteiger partial charge in [0, 0.05) is 35.4 Å². The first-order chi connectivity index (χ1) is 10.0. The smallest absolute Gasteiger partial charge is 0.329 e. The van der Waals surface area contributed by atoms with Crippen molar-refractivity contribution in [2.24, 2.45) is 0 Å². The second-order valence-electron chi connectivity index (χ2n) is 4.79. The zero-order valence-electron chi connectivity index (χ0n) is 11.3. The summed E-state index contributed by atoms with van der Waals surface area (Å²) in [5, 5.41) is 12.0. The van der Waals surface area contributed by atoms with Crippen LogP contribution >= 0.6 is 27.7 Å². The number of amides is 1. The lowest BCUT2D eigenvalue weighted by Gasteiger charge is -2.33. The molecule has 2 rings (SSSR count). The van der Waals surface area contributed by atoms with Gasteiger partial charge in [0.25, 0.3) is 0 Å². The summed E-state index contributed by atoms with van der Waals surface area (Å²) in [5.74, 6) is -1.08. The maximum Gasteiger partial charge on any atom is 0.329 e. The van der Waals surface area contributed by atoms with Crippen LogP contribution in [0.4, 0.5) is 0 Å². The van der Waals surface area contributed by atoms with E-state index in [0.717, 1.165) is 9.37 Å². The summed E-state index contributed by atoms with van der Waals surface area (Å²) in [4.78, 5) is 24.4. The first-order valence-electron chi connectivity index (χ1n) is 6.52. The lowest BCUT2D eigenvalue weighted by Crippen LogP contribution is -2.57. The van der Waals surface area contributed by atoms with Crippen molar-refractivity contribution >= 4 is 39.6 Å². The van der Waals surface area contributed by atoms with Gasteiger partial charge in [-0.25, -0.2) is 4.79 Å². The van der Waals surface area contributed by atoms with E-state index < -0.39 is 11.5 Å². The zero-order chi connectivity index (χ0) is 15.3. The molecule has 114 valence electrons. The third-order valence-corrected chi connectivity index (χ3v) is 4.79. The van der Waals surface area contributed by atoms with Gasteiger partial charge in [-0.3, -0.25) is 4.79 Å². The van der Waals surface area contributed by atoms with Gasteiger partial charge >= 0.3 is 5.97 Å². The van der Waals surface area contributed by atoms with Crippen LogP contribution in [0.25, 0.3) is 0 Å². The molecule has 0 aromatic heterocycles. The number of aliphatic carboxylic acids is 1. The first-order valence-corrected chi connectivity index (χ1v) is 8.30. The third-order valence-electron chi connectivity index (χ3n) is 3.30. The molecule has 5 nitrogen and oxygen atoms in total. The Morgan fingerprint density at radius 2 is 2.10 bits per heavy atom. The van der Waals surface area contributed by atoms with E-state index in [0.29, 0.717) is 26.1 Å². The molecule has 1 fully saturated rings. The first kappa shape index (κ1) is 16.3. The standard InChI is InChI=1S/C14H16BrNO4S/c15-10-2-1-3-11(8-10)21-9-12(17)16-14(13(18)19)4-6-20-7-5-14/h1-3,8H,4-7,9H2,(H,16,17)(H,18,19). The molecule has 0 saturated carbocycles. The fourth-order valence-corrected chi connectivity index (χ4v) is 3.43. The molecule has 0 spiro atoms. The molecular weight excluding hydrogens is 358 g/mol. The van der Waals surface area contributed by atoms with E-state index in [1.807, 2.05) is 24.3 Å². The molecule has 0 atom stereocenters. The number of nitrogens with one attached hydrogen (secondary N) is 1. The van der Waals surface area contributed by atoms with E-state index in [-0.39, 0.29) is 11.7 Å². The molecule has 1 saturated heterocycles. The van der Waals surface area contributed by atoms with Gasteiger partial charge in [0.2, 0.25) is 5.91 Å². The summed E-state index contributed by atoms with van der Waals surface area (Å²) in [6.45, 7) is 0.705. The maximum absolute atomic E-state index is 12.0. The molecule has 1 aliphatic heterocycles. The van der Waals surface area contributed by atoms with E-state index >= 15 is 0 Å². The summed E-state index contributed by atoms with van der Waals surface area (Å²) < 4.78 is 6.12. The van der Waals surface area contributed by atoms with Crippen LogP contribution in [0, 0.1) is 0 Å². The van der Waals surface area contributed by atoms with Crippen LogP contribution in [0.5, 0.6) is 0 Å². The van der Waals surface area contributed by atoms with Gasteiger partial charge in [-0.2, -0.15) is 0 Å². The molecule has 1 aromatic rings. The minimum atomic E-state index is -1.19. The van der Waals surface area contributed by atoms with Gasteiger partial charge < -0.3 is 15.2 Å². The fraction of sp³-hybridized carbons (Fsp3) is 0.429. The number of hydrogen-bond acceptors (Lipinski definition) is 4. The number of carbonyl (C=O) groups is 2. The Kier molecular flexibility index (Phi) is 5.66. The van der Waals surface area contributed by atoms with Crippen LogP contribution in [0.2, 0.25) is 0 Å². The van der Waals surface area contributed by atoms with Crippen molar-refractivity contribution in [3.8, 4) is 0 Å². The number of carboxylic acid groups (broad SMARTS) is 1. The molecule has 1 heterocycles. The van der Waals surface area contributed by atoms with Gasteiger partial charge in [0.05, 0.1) is 5.75 Å². The SMILES string of the molecule is O=C(CSc1cccc(Br)c1)NC1(C(=O)O)CCOCC1. The minimum absolute atomic E-state index is 0.187. The van der Waals surface area contributed by atoms with Crippen molar-refractivity contribution in [1.82, 2.24) is 5.32 Å². The Morgan fingerprint density at radius 3 is 2.71 bits per heavy atom. The number of halogens is 1. The van der Waals surface area contributed by atoms with Crippen LogP contribution in [0.1, 0.15) is 12.8 Å². The maximum atomic E-state index is 12.0. The number of rotatable bonds is 5. The number of ether oxygens (including phenoxy) is 1. The quantitative estimate of drug-likeness (QED) is 0.774. The summed E-state index contributed by atoms with van der Waals surface area (Å²) in [7, 11) is 0. The van der Waals surface area contributed by atoms with Crippen LogP contribution < -0.4 is 5.32 Å². The van der Waals surface area contributed by atoms with Crippen molar-refractivity contribution in [2.45, 2.75) is 23.3 Å². The van der Waals surface area contributed by atoms with E-state index in [4.69, 9.17) is 4.74 Å². The average molecular weight is 374 g/mol. The molecule has 21 heavy (non-hydrogen) atoms. The molecule has 1 aliphatic rings. The fourth-order valence-electron chi connectivity index (χ4n) is 2.12. The Bertz CT molecular complexity index is 531. The molecular formula is C14H16BrNO4S. The van der Waals surface area contributed by atoms with Crippen LogP contribution in [0.15, 0.2) is 33.6 Å². The highest BCUT2D eigenvalue weighted by Gasteiger charge is 2.41. The summed E-state index contributed by atoms with van der Waals surface area (Å²) in [6.07, 6.45) is 0.602. The van der Waals surface area contributed by atoms with E-state index in [1.165, 1.54) is 11.8 Å². The van der Waals surface area contributed by atoms with Crippen molar-refractivity contribution in [2.75, 3.05) is 19.0 Å². The normalized spacial score (nSPS) is 17.2. The molecule has 2 N–H and O–H groups in total. The lowest BCUT2D eigenvalue weighted by molar-refractivity contribution is -0.151. The molecule has 7 heteroatoms. The number of carbonyl (C=O) groups excluding carboxylic acids is 1.